The molecule has 6 nitrogen and oxygen atoms in total. The van der Waals surface area contributed by atoms with Gasteiger partial charge in [-0.25, -0.2) is 28.1 Å². The van der Waals surface area contributed by atoms with Crippen molar-refractivity contribution in [3.63, 3.8) is 0 Å². The fourth-order valence-corrected chi connectivity index (χ4v) is 2.60. The molecule has 4 aromatic rings. The Bertz CT molecular complexity index is 1160. The third-order valence-electron chi connectivity index (χ3n) is 3.93. The molecule has 0 bridgehead atoms. The molecule has 0 fully saturated rings. The second kappa shape index (κ2) is 6.07. The molecule has 0 aliphatic rings. The Hall–Kier alpha value is -3.55. The Morgan fingerprint density at radius 3 is 2.58 bits per heavy atom. The van der Waals surface area contributed by atoms with Crippen LogP contribution in [0.2, 0.25) is 0 Å². The number of aryl methyl sites for hydroxylation is 1. The number of H-pyrrole nitrogens is 1. The second-order valence-corrected chi connectivity index (χ2v) is 5.80. The zero-order chi connectivity index (χ0) is 18.3. The van der Waals surface area contributed by atoms with Crippen LogP contribution in [0.3, 0.4) is 0 Å². The van der Waals surface area contributed by atoms with Crippen molar-refractivity contribution >= 4 is 17.3 Å². The Morgan fingerprint density at radius 2 is 1.85 bits per heavy atom. The van der Waals surface area contributed by atoms with Gasteiger partial charge in [-0.2, -0.15) is 5.10 Å². The second-order valence-electron chi connectivity index (χ2n) is 5.80. The average molecular weight is 353 g/mol. The molecule has 26 heavy (non-hydrogen) atoms. The molecule has 0 aliphatic carbocycles. The molecular formula is C18H13F2N5O. The molecular weight excluding hydrogens is 340 g/mol. The molecule has 4 rings (SSSR count). The zero-order valence-electron chi connectivity index (χ0n) is 13.6. The summed E-state index contributed by atoms with van der Waals surface area (Å²) in [6.07, 6.45) is 0. The van der Waals surface area contributed by atoms with Crippen molar-refractivity contribution < 1.29 is 8.78 Å². The Morgan fingerprint density at radius 1 is 1.08 bits per heavy atom. The van der Waals surface area contributed by atoms with Crippen molar-refractivity contribution in [1.82, 2.24) is 19.6 Å². The van der Waals surface area contributed by atoms with E-state index < -0.39 is 17.3 Å². The van der Waals surface area contributed by atoms with Crippen molar-refractivity contribution in [3.8, 4) is 11.3 Å². The molecule has 2 heterocycles. The Kier molecular flexibility index (Phi) is 3.72. The summed E-state index contributed by atoms with van der Waals surface area (Å²) in [6.45, 7) is 1.97. The Balaban J connectivity index is 1.87. The van der Waals surface area contributed by atoms with Gasteiger partial charge in [-0.05, 0) is 19.1 Å². The number of hydrogen-bond donors (Lipinski definition) is 2. The van der Waals surface area contributed by atoms with E-state index in [4.69, 9.17) is 0 Å². The molecule has 0 saturated heterocycles. The van der Waals surface area contributed by atoms with Crippen LogP contribution in [0.5, 0.6) is 0 Å². The topological polar surface area (TPSA) is 75.1 Å². The summed E-state index contributed by atoms with van der Waals surface area (Å²) in [5.41, 5.74) is 2.27. The minimum absolute atomic E-state index is 0.00523. The summed E-state index contributed by atoms with van der Waals surface area (Å²) in [6, 6.07) is 12.4. The third-order valence-corrected chi connectivity index (χ3v) is 3.93. The van der Waals surface area contributed by atoms with E-state index in [2.05, 4.69) is 20.5 Å². The van der Waals surface area contributed by atoms with Crippen molar-refractivity contribution in [3.05, 3.63) is 76.2 Å². The number of nitrogens with one attached hydrogen (secondary N) is 2. The van der Waals surface area contributed by atoms with Crippen LogP contribution >= 0.6 is 0 Å². The fourth-order valence-electron chi connectivity index (χ4n) is 2.60. The number of benzene rings is 2. The van der Waals surface area contributed by atoms with Gasteiger partial charge in [0.05, 0.1) is 11.4 Å². The highest BCUT2D eigenvalue weighted by Crippen LogP contribution is 2.24. The molecule has 0 unspecified atom stereocenters. The SMILES string of the molecule is Cc1ccc(-c2cc3n[nH]c(=O)n3c(Nc3ccc(F)cc3F)n2)cc1. The molecule has 2 aromatic carbocycles. The molecule has 8 heteroatoms. The van der Waals surface area contributed by atoms with E-state index in [1.165, 1.54) is 10.5 Å². The lowest BCUT2D eigenvalue weighted by atomic mass is 10.1. The smallest absolute Gasteiger partial charge is 0.323 e. The summed E-state index contributed by atoms with van der Waals surface area (Å²) in [5.74, 6) is -1.42. The summed E-state index contributed by atoms with van der Waals surface area (Å²) in [7, 11) is 0. The number of aromatic nitrogens is 4. The summed E-state index contributed by atoms with van der Waals surface area (Å²) < 4.78 is 28.3. The zero-order valence-corrected chi connectivity index (χ0v) is 13.6. The van der Waals surface area contributed by atoms with Crippen molar-refractivity contribution in [2.75, 3.05) is 5.32 Å². The molecule has 130 valence electrons. The fraction of sp³-hybridized carbons (Fsp3) is 0.0556. The van der Waals surface area contributed by atoms with Crippen molar-refractivity contribution in [1.29, 1.82) is 0 Å². The first kappa shape index (κ1) is 15.9. The van der Waals surface area contributed by atoms with Gasteiger partial charge in [0.15, 0.2) is 5.65 Å². The maximum Gasteiger partial charge on any atom is 0.350 e. The highest BCUT2D eigenvalue weighted by molar-refractivity contribution is 5.68. The average Bonchev–Trinajstić information content (AvgIpc) is 2.99. The minimum Gasteiger partial charge on any atom is -0.323 e. The molecule has 0 spiro atoms. The van der Waals surface area contributed by atoms with E-state index >= 15 is 0 Å². The van der Waals surface area contributed by atoms with Crippen LogP contribution in [0.1, 0.15) is 5.56 Å². The number of hydrogen-bond acceptors (Lipinski definition) is 4. The van der Waals surface area contributed by atoms with Gasteiger partial charge in [0, 0.05) is 17.7 Å². The standard InChI is InChI=1S/C18H13F2N5O/c1-10-2-4-11(5-3-10)15-9-16-23-24-18(26)25(16)17(22-15)21-14-7-6-12(19)8-13(14)20/h2-9H,1H3,(H,21,22)(H,24,26). The van der Waals surface area contributed by atoms with Gasteiger partial charge in [0.25, 0.3) is 0 Å². The number of aromatic amines is 1. The number of nitrogens with zero attached hydrogens (tertiary/aromatic N) is 3. The highest BCUT2D eigenvalue weighted by atomic mass is 19.1. The molecule has 2 aromatic heterocycles. The van der Waals surface area contributed by atoms with Gasteiger partial charge >= 0.3 is 5.69 Å². The normalized spacial score (nSPS) is 11.0. The number of fused-ring (bicyclic) bond motifs is 1. The molecule has 0 aliphatic heterocycles. The van der Waals surface area contributed by atoms with Crippen LogP contribution in [0, 0.1) is 18.6 Å². The van der Waals surface area contributed by atoms with Crippen LogP contribution in [0.4, 0.5) is 20.4 Å². The van der Waals surface area contributed by atoms with Gasteiger partial charge < -0.3 is 5.32 Å². The van der Waals surface area contributed by atoms with Gasteiger partial charge in [-0.1, -0.05) is 29.8 Å². The van der Waals surface area contributed by atoms with Gasteiger partial charge in [-0.3, -0.25) is 0 Å². The third kappa shape index (κ3) is 2.81. The first-order valence-corrected chi connectivity index (χ1v) is 7.78. The van der Waals surface area contributed by atoms with E-state index in [0.717, 1.165) is 23.3 Å². The van der Waals surface area contributed by atoms with Crippen LogP contribution in [-0.4, -0.2) is 19.6 Å². The number of halogens is 2. The lowest BCUT2D eigenvalue weighted by Gasteiger charge is -2.10. The maximum atomic E-state index is 14.0. The van der Waals surface area contributed by atoms with Gasteiger partial charge in [0.2, 0.25) is 5.95 Å². The monoisotopic (exact) mass is 353 g/mol. The van der Waals surface area contributed by atoms with Crippen LogP contribution in [0.15, 0.2) is 53.3 Å². The van der Waals surface area contributed by atoms with E-state index in [9.17, 15) is 13.6 Å². The van der Waals surface area contributed by atoms with Gasteiger partial charge in [-0.15, -0.1) is 0 Å². The van der Waals surface area contributed by atoms with Crippen molar-refractivity contribution in [2.45, 2.75) is 6.92 Å². The summed E-state index contributed by atoms with van der Waals surface area (Å²) in [5, 5.41) is 9.03. The van der Waals surface area contributed by atoms with Crippen molar-refractivity contribution in [2.24, 2.45) is 0 Å². The van der Waals surface area contributed by atoms with Crippen LogP contribution in [-0.2, 0) is 0 Å². The first-order valence-electron chi connectivity index (χ1n) is 7.78. The van der Waals surface area contributed by atoms with E-state index in [1.807, 2.05) is 31.2 Å². The minimum atomic E-state index is -0.794. The molecule has 0 atom stereocenters. The van der Waals surface area contributed by atoms with E-state index in [0.29, 0.717) is 11.3 Å². The maximum absolute atomic E-state index is 14.0. The summed E-state index contributed by atoms with van der Waals surface area (Å²) in [4.78, 5) is 16.5. The lowest BCUT2D eigenvalue weighted by Crippen LogP contribution is -2.15. The first-order chi connectivity index (χ1) is 12.5. The molecule has 2 N–H and O–H groups in total. The molecule has 0 amide bonds. The lowest BCUT2D eigenvalue weighted by molar-refractivity contribution is 0.586. The highest BCUT2D eigenvalue weighted by Gasteiger charge is 2.13. The summed E-state index contributed by atoms with van der Waals surface area (Å²) >= 11 is 0. The molecule has 0 saturated carbocycles. The number of rotatable bonds is 3. The number of anilines is 2. The quantitative estimate of drug-likeness (QED) is 0.592. The van der Waals surface area contributed by atoms with Gasteiger partial charge in [0.1, 0.15) is 11.6 Å². The largest absolute Gasteiger partial charge is 0.350 e. The van der Waals surface area contributed by atoms with Crippen LogP contribution < -0.4 is 11.0 Å². The predicted molar refractivity (Wildman–Crippen MR) is 93.4 cm³/mol. The van der Waals surface area contributed by atoms with E-state index in [1.54, 1.807) is 6.07 Å². The Labute approximate surface area is 146 Å². The predicted octanol–water partition coefficient (Wildman–Crippen LogP) is 3.41. The molecule has 0 radical (unpaired) electrons. The van der Waals surface area contributed by atoms with E-state index in [-0.39, 0.29) is 11.6 Å². The van der Waals surface area contributed by atoms with Crippen LogP contribution in [0.25, 0.3) is 16.9 Å².